The molecule has 0 aromatic heterocycles. The van der Waals surface area contributed by atoms with Crippen molar-refractivity contribution < 1.29 is 42.3 Å². The summed E-state index contributed by atoms with van der Waals surface area (Å²) in [6.45, 7) is 0. The molecule has 0 fully saturated rings. The van der Waals surface area contributed by atoms with Crippen LogP contribution in [0.15, 0.2) is 30.3 Å². The van der Waals surface area contributed by atoms with Gasteiger partial charge >= 0.3 is 86.3 Å². The molecule has 0 radical (unpaired) electrons. The van der Waals surface area contributed by atoms with E-state index in [2.05, 4.69) is 0 Å². The van der Waals surface area contributed by atoms with E-state index in [9.17, 15) is 26.3 Å². The summed E-state index contributed by atoms with van der Waals surface area (Å²) in [5.41, 5.74) is 0. The summed E-state index contributed by atoms with van der Waals surface area (Å²) in [4.78, 5) is 0. The SMILES string of the molecule is F[C](F)(F)[Zn]([c]1ccccc1)[C](F)(F)F. The Hall–Kier alpha value is -0.577. The maximum atomic E-state index is 12.3. The normalized spacial score (nSPS) is 12.7. The van der Waals surface area contributed by atoms with E-state index in [-0.39, 0.29) is 0 Å². The summed E-state index contributed by atoms with van der Waals surface area (Å²) in [6, 6.07) is 5.58. The van der Waals surface area contributed by atoms with Crippen molar-refractivity contribution in [2.75, 3.05) is 0 Å². The molecule has 0 N–H and O–H groups in total. The zero-order chi connectivity index (χ0) is 11.7. The van der Waals surface area contributed by atoms with Crippen LogP contribution in [0.5, 0.6) is 0 Å². The topological polar surface area (TPSA) is 0 Å². The summed E-state index contributed by atoms with van der Waals surface area (Å²) >= 11 is -5.75. The van der Waals surface area contributed by atoms with Crippen molar-refractivity contribution in [1.82, 2.24) is 0 Å². The molecule has 0 spiro atoms. The Morgan fingerprint density at radius 2 is 1.13 bits per heavy atom. The number of halogens is 6. The first kappa shape index (κ1) is 12.5. The summed E-state index contributed by atoms with van der Waals surface area (Å²) < 4.78 is 62.8. The molecule has 1 aromatic rings. The maximum absolute atomic E-state index is 12.3. The minimum atomic E-state index is -5.75. The van der Waals surface area contributed by atoms with Crippen LogP contribution >= 0.6 is 0 Å². The van der Waals surface area contributed by atoms with Gasteiger partial charge in [-0.1, -0.05) is 0 Å². The standard InChI is InChI=1S/C6H5.2CF3.Zn/c1-2-4-6-5-3-1;2*2-1(3)4;/h1-5H;;;. The van der Waals surface area contributed by atoms with E-state index < -0.39 is 29.6 Å². The summed E-state index contributed by atoms with van der Waals surface area (Å²) in [7, 11) is 0. The first-order valence-corrected chi connectivity index (χ1v) is 8.56. The van der Waals surface area contributed by atoms with Crippen molar-refractivity contribution in [2.45, 2.75) is 9.54 Å². The van der Waals surface area contributed by atoms with Crippen LogP contribution in [0.2, 0.25) is 0 Å². The molecule has 1 rings (SSSR count). The number of benzene rings is 1. The summed E-state index contributed by atoms with van der Waals surface area (Å²) in [6.07, 6.45) is 0. The zero-order valence-electron chi connectivity index (χ0n) is 7.36. The van der Waals surface area contributed by atoms with Crippen LogP contribution in [-0.2, 0) is 16.0 Å². The Kier molecular flexibility index (Phi) is 3.43. The molecule has 15 heavy (non-hydrogen) atoms. The van der Waals surface area contributed by atoms with E-state index in [4.69, 9.17) is 0 Å². The van der Waals surface area contributed by atoms with Gasteiger partial charge in [0.25, 0.3) is 0 Å². The molecule has 0 aliphatic rings. The molecule has 0 amide bonds. The first-order valence-electron chi connectivity index (χ1n) is 4.11. The van der Waals surface area contributed by atoms with Crippen molar-refractivity contribution in [3.05, 3.63) is 30.3 Å². The van der Waals surface area contributed by atoms with E-state index in [1.165, 1.54) is 18.2 Å². The van der Waals surface area contributed by atoms with Gasteiger partial charge in [-0.25, -0.2) is 0 Å². The van der Waals surface area contributed by atoms with Gasteiger partial charge in [-0.2, -0.15) is 0 Å². The van der Waals surface area contributed by atoms with E-state index in [0.29, 0.717) is 0 Å². The molecule has 0 aliphatic heterocycles. The zero-order valence-corrected chi connectivity index (χ0v) is 10.3. The average Bonchev–Trinajstić information content (AvgIpc) is 2.00. The van der Waals surface area contributed by atoms with Crippen LogP contribution in [0.25, 0.3) is 0 Å². The minimum absolute atomic E-state index is 0.586. The van der Waals surface area contributed by atoms with Crippen molar-refractivity contribution in [2.24, 2.45) is 0 Å². The van der Waals surface area contributed by atoms with Gasteiger partial charge in [-0.05, 0) is 0 Å². The van der Waals surface area contributed by atoms with Crippen LogP contribution < -0.4 is 4.16 Å². The van der Waals surface area contributed by atoms with Gasteiger partial charge in [0.15, 0.2) is 0 Å². The molecule has 0 heterocycles. The van der Waals surface area contributed by atoms with Gasteiger partial charge in [-0.15, -0.1) is 0 Å². The van der Waals surface area contributed by atoms with Crippen molar-refractivity contribution in [3.8, 4) is 0 Å². The van der Waals surface area contributed by atoms with Crippen LogP contribution in [-0.4, -0.2) is 9.54 Å². The molecular formula is C8H5F6Zn. The van der Waals surface area contributed by atoms with Crippen LogP contribution in [0.4, 0.5) is 26.3 Å². The Morgan fingerprint density at radius 3 is 1.47 bits per heavy atom. The molecule has 0 atom stereocenters. The summed E-state index contributed by atoms with van der Waals surface area (Å²) in [5.74, 6) is 0. The molecule has 0 saturated carbocycles. The Balaban J connectivity index is 3.15. The molecule has 0 unspecified atom stereocenters. The quantitative estimate of drug-likeness (QED) is 0.548. The monoisotopic (exact) mass is 279 g/mol. The van der Waals surface area contributed by atoms with Crippen LogP contribution in [0.3, 0.4) is 0 Å². The van der Waals surface area contributed by atoms with Gasteiger partial charge in [-0.3, -0.25) is 0 Å². The van der Waals surface area contributed by atoms with Crippen molar-refractivity contribution >= 4 is 4.16 Å². The second-order valence-corrected chi connectivity index (χ2v) is 10.5. The van der Waals surface area contributed by atoms with Gasteiger partial charge in [0, 0.05) is 0 Å². The molecular weight excluding hydrogens is 275 g/mol. The Labute approximate surface area is 86.8 Å². The van der Waals surface area contributed by atoms with E-state index >= 15 is 0 Å². The van der Waals surface area contributed by atoms with Gasteiger partial charge < -0.3 is 0 Å². The third-order valence-electron chi connectivity index (χ3n) is 2.05. The molecule has 1 aromatic carbocycles. The van der Waals surface area contributed by atoms with E-state index in [1.807, 2.05) is 0 Å². The number of hydrogen-bond donors (Lipinski definition) is 0. The predicted octanol–water partition coefficient (Wildman–Crippen LogP) is 2.97. The first-order chi connectivity index (χ1) is 6.73. The predicted molar refractivity (Wildman–Crippen MR) is 38.2 cm³/mol. The third-order valence-corrected chi connectivity index (χ3v) is 8.12. The fourth-order valence-electron chi connectivity index (χ4n) is 1.40. The van der Waals surface area contributed by atoms with Gasteiger partial charge in [0.2, 0.25) is 0 Å². The second kappa shape index (κ2) is 4.12. The molecule has 0 saturated heterocycles. The Morgan fingerprint density at radius 1 is 0.733 bits per heavy atom. The van der Waals surface area contributed by atoms with Crippen molar-refractivity contribution in [1.29, 1.82) is 0 Å². The fourth-order valence-corrected chi connectivity index (χ4v) is 5.86. The van der Waals surface area contributed by atoms with Gasteiger partial charge in [0.1, 0.15) is 0 Å². The van der Waals surface area contributed by atoms with Crippen molar-refractivity contribution in [3.63, 3.8) is 0 Å². The number of hydrogen-bond acceptors (Lipinski definition) is 0. The van der Waals surface area contributed by atoms with Crippen LogP contribution in [0.1, 0.15) is 0 Å². The van der Waals surface area contributed by atoms with E-state index in [1.54, 1.807) is 0 Å². The molecule has 0 aliphatic carbocycles. The van der Waals surface area contributed by atoms with Crippen LogP contribution in [0, 0.1) is 0 Å². The number of alkyl halides is 6. The van der Waals surface area contributed by atoms with E-state index in [0.717, 1.165) is 12.1 Å². The summed E-state index contributed by atoms with van der Waals surface area (Å²) in [5, 5.41) is 0. The number of rotatable bonds is 1. The molecule has 0 nitrogen and oxygen atoms in total. The average molecular weight is 281 g/mol. The molecule has 0 bridgehead atoms. The van der Waals surface area contributed by atoms with Gasteiger partial charge in [0.05, 0.1) is 0 Å². The second-order valence-electron chi connectivity index (χ2n) is 3.25. The fraction of sp³-hybridized carbons (Fsp3) is 0.250. The molecule has 81 valence electrons. The molecule has 7 heteroatoms. The third kappa shape index (κ3) is 3.19. The Bertz CT molecular complexity index is 300.